The number of nitrogens with zero attached hydrogens (tertiary/aromatic N) is 1. The van der Waals surface area contributed by atoms with Crippen molar-refractivity contribution in [2.75, 3.05) is 13.2 Å². The van der Waals surface area contributed by atoms with Crippen LogP contribution < -0.4 is 10.1 Å². The Morgan fingerprint density at radius 3 is 2.53 bits per heavy atom. The van der Waals surface area contributed by atoms with Gasteiger partial charge in [-0.3, -0.25) is 4.79 Å². The minimum Gasteiger partial charge on any atom is -0.494 e. The maximum Gasteiger partial charge on any atom is 0.243 e. The van der Waals surface area contributed by atoms with Crippen LogP contribution in [0, 0.1) is 5.82 Å². The topological polar surface area (TPSA) is 75.7 Å². The molecule has 0 bridgehead atoms. The number of sulfonamides is 1. The van der Waals surface area contributed by atoms with Crippen molar-refractivity contribution in [2.45, 2.75) is 37.2 Å². The van der Waals surface area contributed by atoms with E-state index in [1.807, 2.05) is 55.5 Å². The normalized spacial score (nSPS) is 16.0. The van der Waals surface area contributed by atoms with Crippen LogP contribution in [0.2, 0.25) is 0 Å². The highest BCUT2D eigenvalue weighted by molar-refractivity contribution is 7.89. The first-order chi connectivity index (χ1) is 16.4. The Kier molecular flexibility index (Phi) is 7.29. The first-order valence-electron chi connectivity index (χ1n) is 11.2. The molecular formula is C26H27FN2O4S. The number of carbonyl (C=O) groups excluding carboxylic acids is 1. The van der Waals surface area contributed by atoms with Crippen molar-refractivity contribution in [3.05, 3.63) is 95.3 Å². The Balaban J connectivity index is 1.57. The SMILES string of the molecule is CCOc1ccccc1CNC(=O)C[C@@H]1c2ccccc2CCN1S(=O)(=O)c1ccc(F)cc1. The summed E-state index contributed by atoms with van der Waals surface area (Å²) in [5.74, 6) is -0.0765. The first kappa shape index (κ1) is 23.9. The van der Waals surface area contributed by atoms with Gasteiger partial charge in [-0.2, -0.15) is 4.31 Å². The van der Waals surface area contributed by atoms with Gasteiger partial charge in [0.05, 0.1) is 17.5 Å². The molecule has 0 saturated carbocycles. The van der Waals surface area contributed by atoms with Gasteiger partial charge in [0.25, 0.3) is 0 Å². The molecule has 3 aromatic rings. The summed E-state index contributed by atoms with van der Waals surface area (Å²) < 4.78 is 47.3. The number of para-hydroxylation sites is 1. The maximum atomic E-state index is 13.5. The number of benzene rings is 3. The van der Waals surface area contributed by atoms with Gasteiger partial charge < -0.3 is 10.1 Å². The minimum atomic E-state index is -3.93. The van der Waals surface area contributed by atoms with Crippen molar-refractivity contribution < 1.29 is 22.3 Å². The summed E-state index contributed by atoms with van der Waals surface area (Å²) in [5.41, 5.74) is 2.68. The van der Waals surface area contributed by atoms with Crippen LogP contribution in [0.3, 0.4) is 0 Å². The zero-order valence-corrected chi connectivity index (χ0v) is 19.7. The van der Waals surface area contributed by atoms with Crippen LogP contribution in [0.1, 0.15) is 36.1 Å². The number of fused-ring (bicyclic) bond motifs is 1. The lowest BCUT2D eigenvalue weighted by Crippen LogP contribution is -2.42. The predicted molar refractivity (Wildman–Crippen MR) is 127 cm³/mol. The number of hydrogen-bond acceptors (Lipinski definition) is 4. The number of carbonyl (C=O) groups is 1. The Morgan fingerprint density at radius 1 is 1.06 bits per heavy atom. The van der Waals surface area contributed by atoms with E-state index in [1.54, 1.807) is 0 Å². The van der Waals surface area contributed by atoms with Crippen LogP contribution in [-0.2, 0) is 27.8 Å². The van der Waals surface area contributed by atoms with Gasteiger partial charge in [0, 0.05) is 25.1 Å². The molecule has 8 heteroatoms. The van der Waals surface area contributed by atoms with Gasteiger partial charge in [0.1, 0.15) is 11.6 Å². The van der Waals surface area contributed by atoms with Crippen molar-refractivity contribution in [2.24, 2.45) is 0 Å². The van der Waals surface area contributed by atoms with Crippen molar-refractivity contribution in [1.29, 1.82) is 0 Å². The van der Waals surface area contributed by atoms with Crippen LogP contribution in [0.4, 0.5) is 4.39 Å². The Labute approximate surface area is 199 Å². The maximum absolute atomic E-state index is 13.5. The van der Waals surface area contributed by atoms with Crippen LogP contribution in [0.5, 0.6) is 5.75 Å². The average molecular weight is 483 g/mol. The molecule has 0 unspecified atom stereocenters. The van der Waals surface area contributed by atoms with Crippen LogP contribution in [-0.4, -0.2) is 31.8 Å². The molecule has 6 nitrogen and oxygen atoms in total. The van der Waals surface area contributed by atoms with E-state index in [0.29, 0.717) is 18.8 Å². The van der Waals surface area contributed by atoms with Gasteiger partial charge in [0.15, 0.2) is 0 Å². The molecule has 1 amide bonds. The molecule has 178 valence electrons. The molecule has 1 aliphatic heterocycles. The Hall–Kier alpha value is -3.23. The Bertz CT molecular complexity index is 1260. The molecule has 34 heavy (non-hydrogen) atoms. The van der Waals surface area contributed by atoms with Gasteiger partial charge in [0.2, 0.25) is 15.9 Å². The third-order valence-corrected chi connectivity index (χ3v) is 7.83. The fraction of sp³-hybridized carbons (Fsp3) is 0.269. The summed E-state index contributed by atoms with van der Waals surface area (Å²) in [6.07, 6.45) is 0.505. The highest BCUT2D eigenvalue weighted by Crippen LogP contribution is 2.36. The van der Waals surface area contributed by atoms with Crippen molar-refractivity contribution in [3.63, 3.8) is 0 Å². The number of amides is 1. The van der Waals surface area contributed by atoms with E-state index in [-0.39, 0.29) is 30.3 Å². The van der Waals surface area contributed by atoms with E-state index in [1.165, 1.54) is 16.4 Å². The number of hydrogen-bond donors (Lipinski definition) is 1. The van der Waals surface area contributed by atoms with Crippen molar-refractivity contribution >= 4 is 15.9 Å². The van der Waals surface area contributed by atoms with E-state index in [9.17, 15) is 17.6 Å². The lowest BCUT2D eigenvalue weighted by atomic mass is 9.92. The molecule has 0 spiro atoms. The van der Waals surface area contributed by atoms with Crippen LogP contribution in [0.15, 0.2) is 77.7 Å². The summed E-state index contributed by atoms with van der Waals surface area (Å²) in [6.45, 7) is 2.92. The second-order valence-electron chi connectivity index (χ2n) is 8.06. The fourth-order valence-corrected chi connectivity index (χ4v) is 5.86. The lowest BCUT2D eigenvalue weighted by Gasteiger charge is -2.36. The first-order valence-corrected chi connectivity index (χ1v) is 12.7. The van der Waals surface area contributed by atoms with Gasteiger partial charge in [-0.1, -0.05) is 42.5 Å². The number of rotatable bonds is 8. The second kappa shape index (κ2) is 10.4. The van der Waals surface area contributed by atoms with Crippen LogP contribution in [0.25, 0.3) is 0 Å². The molecule has 0 fully saturated rings. The monoisotopic (exact) mass is 482 g/mol. The van der Waals surface area contributed by atoms with Gasteiger partial charge in [-0.15, -0.1) is 0 Å². The van der Waals surface area contributed by atoms with E-state index < -0.39 is 21.9 Å². The molecule has 1 aliphatic rings. The molecule has 3 aromatic carbocycles. The Morgan fingerprint density at radius 2 is 1.76 bits per heavy atom. The predicted octanol–water partition coefficient (Wildman–Crippen LogP) is 4.22. The average Bonchev–Trinajstić information content (AvgIpc) is 2.84. The third kappa shape index (κ3) is 5.13. The molecular weight excluding hydrogens is 455 g/mol. The molecule has 1 N–H and O–H groups in total. The lowest BCUT2D eigenvalue weighted by molar-refractivity contribution is -0.122. The van der Waals surface area contributed by atoms with Gasteiger partial charge in [-0.25, -0.2) is 12.8 Å². The summed E-state index contributed by atoms with van der Waals surface area (Å²) in [4.78, 5) is 13.0. The van der Waals surface area contributed by atoms with E-state index in [2.05, 4.69) is 5.32 Å². The molecule has 1 atom stereocenters. The number of nitrogens with one attached hydrogen (secondary N) is 1. The zero-order chi connectivity index (χ0) is 24.1. The third-order valence-electron chi connectivity index (χ3n) is 5.91. The highest BCUT2D eigenvalue weighted by Gasteiger charge is 2.37. The van der Waals surface area contributed by atoms with E-state index in [0.717, 1.165) is 28.8 Å². The molecule has 4 rings (SSSR count). The smallest absolute Gasteiger partial charge is 0.243 e. The number of halogens is 1. The zero-order valence-electron chi connectivity index (χ0n) is 18.9. The van der Waals surface area contributed by atoms with E-state index >= 15 is 0 Å². The summed E-state index contributed by atoms with van der Waals surface area (Å²) in [7, 11) is -3.93. The fourth-order valence-electron chi connectivity index (χ4n) is 4.26. The number of ether oxygens (including phenoxy) is 1. The van der Waals surface area contributed by atoms with Crippen LogP contribution >= 0.6 is 0 Å². The van der Waals surface area contributed by atoms with E-state index in [4.69, 9.17) is 4.74 Å². The summed E-state index contributed by atoms with van der Waals surface area (Å²) in [5, 5.41) is 2.91. The highest BCUT2D eigenvalue weighted by atomic mass is 32.2. The molecule has 0 radical (unpaired) electrons. The van der Waals surface area contributed by atoms with Gasteiger partial charge >= 0.3 is 0 Å². The summed E-state index contributed by atoms with van der Waals surface area (Å²) >= 11 is 0. The minimum absolute atomic E-state index is 0.00401. The molecule has 0 aromatic heterocycles. The standard InChI is InChI=1S/C26H27FN2O4S/c1-2-33-25-10-6-4-8-20(25)18-28-26(30)17-24-23-9-5-3-7-19(23)15-16-29(24)34(31,32)22-13-11-21(27)12-14-22/h3-14,24H,2,15-18H2,1H3,(H,28,30)/t24-/m1/s1. The second-order valence-corrected chi connectivity index (χ2v) is 9.95. The molecule has 1 heterocycles. The largest absolute Gasteiger partial charge is 0.494 e. The molecule has 0 saturated heterocycles. The van der Waals surface area contributed by atoms with Crippen molar-refractivity contribution in [1.82, 2.24) is 9.62 Å². The van der Waals surface area contributed by atoms with Crippen molar-refractivity contribution in [3.8, 4) is 5.75 Å². The molecule has 0 aliphatic carbocycles. The summed E-state index contributed by atoms with van der Waals surface area (Å²) in [6, 6.07) is 19.1. The quantitative estimate of drug-likeness (QED) is 0.522. The van der Waals surface area contributed by atoms with Gasteiger partial charge in [-0.05, 0) is 54.8 Å².